The highest BCUT2D eigenvalue weighted by molar-refractivity contribution is 5.98. The maximum Gasteiger partial charge on any atom is 0.303 e. The quantitative estimate of drug-likeness (QED) is 0.664. The molecule has 1 unspecified atom stereocenters. The number of carboxylic acid groups (broad SMARTS) is 1. The second kappa shape index (κ2) is 6.65. The Bertz CT molecular complexity index is 499. The Morgan fingerprint density at radius 3 is 2.63 bits per heavy atom. The summed E-state index contributed by atoms with van der Waals surface area (Å²) in [5.41, 5.74) is 6.51. The van der Waals surface area contributed by atoms with Crippen molar-refractivity contribution in [1.29, 1.82) is 0 Å². The highest BCUT2D eigenvalue weighted by atomic mass is 16.4. The summed E-state index contributed by atoms with van der Waals surface area (Å²) in [6, 6.07) is 5.58. The molecule has 19 heavy (non-hydrogen) atoms. The summed E-state index contributed by atoms with van der Waals surface area (Å²) in [6.45, 7) is 1.43. The topological polar surface area (TPSA) is 109 Å². The number of Topliss-reactive ketones (excluding diaryl/α,β-unsaturated/α-hetero) is 1. The minimum absolute atomic E-state index is 0.0631. The van der Waals surface area contributed by atoms with Crippen molar-refractivity contribution in [3.05, 3.63) is 29.8 Å². The van der Waals surface area contributed by atoms with Gasteiger partial charge in [0.1, 0.15) is 0 Å². The fraction of sp³-hybridized carbons (Fsp3) is 0.308. The molecule has 1 amide bonds. The summed E-state index contributed by atoms with van der Waals surface area (Å²) in [5.74, 6) is -1.57. The van der Waals surface area contributed by atoms with Crippen LogP contribution in [0.3, 0.4) is 0 Å². The highest BCUT2D eigenvalue weighted by Gasteiger charge is 2.15. The number of aliphatic carboxylic acids is 1. The third-order valence-corrected chi connectivity index (χ3v) is 2.54. The second-order valence-electron chi connectivity index (χ2n) is 4.17. The molecule has 0 saturated carbocycles. The van der Waals surface area contributed by atoms with Gasteiger partial charge in [-0.15, -0.1) is 0 Å². The van der Waals surface area contributed by atoms with Crippen LogP contribution in [0.1, 0.15) is 30.1 Å². The van der Waals surface area contributed by atoms with E-state index < -0.39 is 17.9 Å². The molecule has 6 heteroatoms. The van der Waals surface area contributed by atoms with Crippen LogP contribution in [0.25, 0.3) is 0 Å². The first-order valence-corrected chi connectivity index (χ1v) is 5.79. The number of carboxylic acids is 1. The normalized spacial score (nSPS) is 11.7. The molecule has 4 N–H and O–H groups in total. The Morgan fingerprint density at radius 1 is 1.37 bits per heavy atom. The SMILES string of the molecule is CC(=O)c1cccc(NC(=O)C(N)CCC(=O)O)c1. The van der Waals surface area contributed by atoms with Gasteiger partial charge in [0.25, 0.3) is 0 Å². The summed E-state index contributed by atoms with van der Waals surface area (Å²) in [6.07, 6.45) is -0.102. The van der Waals surface area contributed by atoms with E-state index in [9.17, 15) is 14.4 Å². The molecule has 6 nitrogen and oxygen atoms in total. The number of anilines is 1. The molecule has 0 aliphatic carbocycles. The fourth-order valence-electron chi connectivity index (χ4n) is 1.46. The van der Waals surface area contributed by atoms with Crippen molar-refractivity contribution in [2.45, 2.75) is 25.8 Å². The van der Waals surface area contributed by atoms with E-state index in [-0.39, 0.29) is 18.6 Å². The zero-order valence-electron chi connectivity index (χ0n) is 10.6. The van der Waals surface area contributed by atoms with Crippen LogP contribution in [0.4, 0.5) is 5.69 Å². The number of amides is 1. The lowest BCUT2D eigenvalue weighted by Crippen LogP contribution is -2.36. The van der Waals surface area contributed by atoms with E-state index in [2.05, 4.69) is 5.32 Å². The van der Waals surface area contributed by atoms with Crippen LogP contribution < -0.4 is 11.1 Å². The molecule has 0 spiro atoms. The first-order chi connectivity index (χ1) is 8.90. The van der Waals surface area contributed by atoms with Crippen LogP contribution >= 0.6 is 0 Å². The van der Waals surface area contributed by atoms with Crippen LogP contribution in [0.5, 0.6) is 0 Å². The number of hydrogen-bond acceptors (Lipinski definition) is 4. The first-order valence-electron chi connectivity index (χ1n) is 5.79. The Morgan fingerprint density at radius 2 is 2.05 bits per heavy atom. The van der Waals surface area contributed by atoms with Crippen molar-refractivity contribution >= 4 is 23.3 Å². The molecule has 0 aliphatic heterocycles. The Hall–Kier alpha value is -2.21. The number of ketones is 1. The van der Waals surface area contributed by atoms with Gasteiger partial charge in [-0.25, -0.2) is 0 Å². The van der Waals surface area contributed by atoms with Gasteiger partial charge in [0, 0.05) is 17.7 Å². The van der Waals surface area contributed by atoms with E-state index in [1.807, 2.05) is 0 Å². The number of rotatable bonds is 6. The minimum atomic E-state index is -0.998. The Kier molecular flexibility index (Phi) is 5.20. The van der Waals surface area contributed by atoms with Crippen molar-refractivity contribution in [2.75, 3.05) is 5.32 Å². The summed E-state index contributed by atoms with van der Waals surface area (Å²) >= 11 is 0. The van der Waals surface area contributed by atoms with Crippen LogP contribution in [0, 0.1) is 0 Å². The van der Waals surface area contributed by atoms with Gasteiger partial charge in [-0.1, -0.05) is 12.1 Å². The molecule has 1 rings (SSSR count). The van der Waals surface area contributed by atoms with E-state index in [1.54, 1.807) is 24.3 Å². The number of hydrogen-bond donors (Lipinski definition) is 3. The largest absolute Gasteiger partial charge is 0.481 e. The van der Waals surface area contributed by atoms with Crippen molar-refractivity contribution < 1.29 is 19.5 Å². The molecule has 102 valence electrons. The minimum Gasteiger partial charge on any atom is -0.481 e. The predicted octanol–water partition coefficient (Wildman–Crippen LogP) is 1.02. The average molecular weight is 264 g/mol. The van der Waals surface area contributed by atoms with Crippen molar-refractivity contribution in [3.63, 3.8) is 0 Å². The zero-order valence-corrected chi connectivity index (χ0v) is 10.6. The highest BCUT2D eigenvalue weighted by Crippen LogP contribution is 2.11. The molecule has 0 radical (unpaired) electrons. The van der Waals surface area contributed by atoms with Gasteiger partial charge in [0.15, 0.2) is 5.78 Å². The molecule has 1 atom stereocenters. The zero-order chi connectivity index (χ0) is 14.4. The lowest BCUT2D eigenvalue weighted by Gasteiger charge is -2.11. The number of carbonyl (C=O) groups excluding carboxylic acids is 2. The molecule has 0 saturated heterocycles. The van der Waals surface area contributed by atoms with Crippen LogP contribution in [0.2, 0.25) is 0 Å². The molecular formula is C13H16N2O4. The van der Waals surface area contributed by atoms with Crippen molar-refractivity contribution in [3.8, 4) is 0 Å². The third kappa shape index (κ3) is 4.89. The van der Waals surface area contributed by atoms with Gasteiger partial charge in [-0.3, -0.25) is 14.4 Å². The fourth-order valence-corrected chi connectivity index (χ4v) is 1.46. The van der Waals surface area contributed by atoms with Gasteiger partial charge in [0.05, 0.1) is 6.04 Å². The number of nitrogens with two attached hydrogens (primary N) is 1. The molecule has 0 fully saturated rings. The first kappa shape index (κ1) is 14.8. The van der Waals surface area contributed by atoms with E-state index in [0.29, 0.717) is 11.3 Å². The van der Waals surface area contributed by atoms with Crippen LogP contribution in [0.15, 0.2) is 24.3 Å². The van der Waals surface area contributed by atoms with Crippen molar-refractivity contribution in [1.82, 2.24) is 0 Å². The molecule has 1 aromatic rings. The Balaban J connectivity index is 2.63. The van der Waals surface area contributed by atoms with E-state index in [0.717, 1.165) is 0 Å². The van der Waals surface area contributed by atoms with E-state index >= 15 is 0 Å². The third-order valence-electron chi connectivity index (χ3n) is 2.54. The van der Waals surface area contributed by atoms with Gasteiger partial charge in [-0.2, -0.15) is 0 Å². The maximum absolute atomic E-state index is 11.7. The molecule has 0 aliphatic rings. The average Bonchev–Trinajstić information content (AvgIpc) is 2.36. The van der Waals surface area contributed by atoms with E-state index in [1.165, 1.54) is 6.92 Å². The van der Waals surface area contributed by atoms with Gasteiger partial charge in [0.2, 0.25) is 5.91 Å². The smallest absolute Gasteiger partial charge is 0.303 e. The summed E-state index contributed by atoms with van der Waals surface area (Å²) in [7, 11) is 0. The molecule has 0 bridgehead atoms. The summed E-state index contributed by atoms with van der Waals surface area (Å²) in [5, 5.41) is 11.1. The lowest BCUT2D eigenvalue weighted by molar-refractivity contribution is -0.137. The second-order valence-corrected chi connectivity index (χ2v) is 4.17. The van der Waals surface area contributed by atoms with Crippen LogP contribution in [-0.2, 0) is 9.59 Å². The lowest BCUT2D eigenvalue weighted by atomic mass is 10.1. The number of carbonyl (C=O) groups is 3. The van der Waals surface area contributed by atoms with Gasteiger partial charge >= 0.3 is 5.97 Å². The molecule has 0 heterocycles. The molecular weight excluding hydrogens is 248 g/mol. The predicted molar refractivity (Wildman–Crippen MR) is 69.9 cm³/mol. The van der Waals surface area contributed by atoms with Crippen molar-refractivity contribution in [2.24, 2.45) is 5.73 Å². The van der Waals surface area contributed by atoms with Gasteiger partial charge in [-0.05, 0) is 25.5 Å². The molecule has 0 aromatic heterocycles. The van der Waals surface area contributed by atoms with E-state index in [4.69, 9.17) is 10.8 Å². The van der Waals surface area contributed by atoms with Crippen LogP contribution in [-0.4, -0.2) is 28.8 Å². The summed E-state index contributed by atoms with van der Waals surface area (Å²) in [4.78, 5) is 33.3. The maximum atomic E-state index is 11.7. The Labute approximate surface area is 110 Å². The number of nitrogens with one attached hydrogen (secondary N) is 1. The summed E-state index contributed by atoms with van der Waals surface area (Å²) < 4.78 is 0. The molecule has 1 aromatic carbocycles. The van der Waals surface area contributed by atoms with Gasteiger partial charge < -0.3 is 16.2 Å². The number of benzene rings is 1. The monoisotopic (exact) mass is 264 g/mol. The standard InChI is InChI=1S/C13H16N2O4/c1-8(16)9-3-2-4-10(7-9)15-13(19)11(14)5-6-12(17)18/h2-4,7,11H,5-6,14H2,1H3,(H,15,19)(H,17,18).